The number of carbonyl (C=O) groups is 1. The van der Waals surface area contributed by atoms with Gasteiger partial charge in [-0.1, -0.05) is 40.9 Å². The zero-order valence-electron chi connectivity index (χ0n) is 13.8. The summed E-state index contributed by atoms with van der Waals surface area (Å²) >= 11 is 18.5. The van der Waals surface area contributed by atoms with E-state index in [0.717, 1.165) is 29.7 Å². The van der Waals surface area contributed by atoms with Crippen LogP contribution in [0.1, 0.15) is 28.8 Å². The Balaban J connectivity index is 2.28. The molecule has 3 rings (SSSR count). The molecular weight excluding hydrogens is 395 g/mol. The Morgan fingerprint density at radius 1 is 1.04 bits per heavy atom. The smallest absolute Gasteiger partial charge is 0.336 e. The van der Waals surface area contributed by atoms with E-state index in [0.29, 0.717) is 38.9 Å². The van der Waals surface area contributed by atoms with Crippen molar-refractivity contribution < 1.29 is 9.90 Å². The summed E-state index contributed by atoms with van der Waals surface area (Å²) in [5.74, 6) is -0.994. The monoisotopic (exact) mass is 410 g/mol. The molecule has 0 amide bonds. The molecule has 0 unspecified atom stereocenters. The number of benzene rings is 2. The van der Waals surface area contributed by atoms with Gasteiger partial charge in [-0.05, 0) is 61.2 Å². The number of nitrogens with two attached hydrogens (primary N) is 1. The van der Waals surface area contributed by atoms with Gasteiger partial charge >= 0.3 is 5.97 Å². The van der Waals surface area contributed by atoms with Crippen molar-refractivity contribution in [2.24, 2.45) is 5.73 Å². The summed E-state index contributed by atoms with van der Waals surface area (Å²) in [7, 11) is 0. The van der Waals surface area contributed by atoms with E-state index >= 15 is 0 Å². The second-order valence-corrected chi connectivity index (χ2v) is 7.22. The van der Waals surface area contributed by atoms with Crippen LogP contribution in [-0.2, 0) is 6.42 Å². The van der Waals surface area contributed by atoms with E-state index in [-0.39, 0.29) is 5.56 Å². The van der Waals surface area contributed by atoms with Gasteiger partial charge in [0.25, 0.3) is 0 Å². The number of fused-ring (bicyclic) bond motifs is 1. The molecule has 0 fully saturated rings. The molecule has 0 aliphatic heterocycles. The quantitative estimate of drug-likeness (QED) is 0.450. The average Bonchev–Trinajstić information content (AvgIpc) is 2.98. The third kappa shape index (κ3) is 3.55. The number of aromatic carboxylic acids is 1. The number of H-pyrrole nitrogens is 1. The van der Waals surface area contributed by atoms with Gasteiger partial charge in [0.05, 0.1) is 26.1 Å². The second-order valence-electron chi connectivity index (χ2n) is 6.00. The minimum Gasteiger partial charge on any atom is -0.478 e. The summed E-state index contributed by atoms with van der Waals surface area (Å²) in [6, 6.07) is 8.45. The normalized spacial score (nSPS) is 11.2. The molecule has 0 saturated heterocycles. The standard InChI is InChI=1S/C19H17Cl3N2O2/c20-13-6-4-10(9-15(13)22)17-11(3-1-2-8-23)16-12(19(25)26)5-7-14(21)18(16)24-17/h4-7,9,24H,1-3,8,23H2,(H,25,26). The number of carboxylic acid groups (broad SMARTS) is 1. The van der Waals surface area contributed by atoms with E-state index < -0.39 is 5.97 Å². The third-order valence-electron chi connectivity index (χ3n) is 4.33. The van der Waals surface area contributed by atoms with E-state index in [4.69, 9.17) is 40.5 Å². The number of aromatic amines is 1. The van der Waals surface area contributed by atoms with E-state index in [9.17, 15) is 9.90 Å². The molecule has 2 aromatic carbocycles. The number of unbranched alkanes of at least 4 members (excludes halogenated alkanes) is 1. The van der Waals surface area contributed by atoms with Crippen molar-refractivity contribution in [2.45, 2.75) is 19.3 Å². The van der Waals surface area contributed by atoms with Crippen molar-refractivity contribution in [3.63, 3.8) is 0 Å². The molecule has 3 aromatic rings. The Kier molecular flexibility index (Phi) is 5.78. The highest BCUT2D eigenvalue weighted by Gasteiger charge is 2.21. The van der Waals surface area contributed by atoms with Gasteiger partial charge < -0.3 is 15.8 Å². The molecule has 0 radical (unpaired) electrons. The Hall–Kier alpha value is -1.72. The minimum atomic E-state index is -0.994. The fraction of sp³-hybridized carbons (Fsp3) is 0.211. The molecule has 0 spiro atoms. The van der Waals surface area contributed by atoms with Crippen molar-refractivity contribution in [2.75, 3.05) is 6.54 Å². The first-order chi connectivity index (χ1) is 12.4. The first-order valence-electron chi connectivity index (χ1n) is 8.16. The van der Waals surface area contributed by atoms with E-state index in [1.807, 2.05) is 6.07 Å². The van der Waals surface area contributed by atoms with Crippen LogP contribution in [0, 0.1) is 0 Å². The number of halogens is 3. The topological polar surface area (TPSA) is 79.1 Å². The predicted octanol–water partition coefficient (Wildman–Crippen LogP) is 5.77. The molecule has 0 atom stereocenters. The van der Waals surface area contributed by atoms with E-state index in [1.54, 1.807) is 18.2 Å². The van der Waals surface area contributed by atoms with Crippen molar-refractivity contribution >= 4 is 51.7 Å². The van der Waals surface area contributed by atoms with Gasteiger partial charge in [0.1, 0.15) is 0 Å². The number of rotatable bonds is 6. The summed E-state index contributed by atoms with van der Waals surface area (Å²) in [5, 5.41) is 11.6. The van der Waals surface area contributed by atoms with Gasteiger partial charge in [0, 0.05) is 11.1 Å². The lowest BCUT2D eigenvalue weighted by molar-refractivity contribution is 0.0699. The van der Waals surface area contributed by atoms with Gasteiger partial charge in [-0.15, -0.1) is 0 Å². The minimum absolute atomic E-state index is 0.217. The first kappa shape index (κ1) is 19.1. The summed E-state index contributed by atoms with van der Waals surface area (Å²) < 4.78 is 0. The van der Waals surface area contributed by atoms with Gasteiger partial charge in [0.2, 0.25) is 0 Å². The van der Waals surface area contributed by atoms with E-state index in [1.165, 1.54) is 6.07 Å². The summed E-state index contributed by atoms with van der Waals surface area (Å²) in [5.41, 5.74) is 8.95. The summed E-state index contributed by atoms with van der Waals surface area (Å²) in [6.07, 6.45) is 2.35. The largest absolute Gasteiger partial charge is 0.478 e. The highest BCUT2D eigenvalue weighted by atomic mass is 35.5. The number of carboxylic acids is 1. The number of aryl methyl sites for hydroxylation is 1. The Morgan fingerprint density at radius 2 is 1.77 bits per heavy atom. The van der Waals surface area contributed by atoms with Crippen molar-refractivity contribution in [3.8, 4) is 11.3 Å². The van der Waals surface area contributed by atoms with Crippen LogP contribution >= 0.6 is 34.8 Å². The van der Waals surface area contributed by atoms with Crippen LogP contribution in [0.4, 0.5) is 0 Å². The molecular formula is C19H17Cl3N2O2. The molecule has 0 bridgehead atoms. The van der Waals surface area contributed by atoms with Crippen LogP contribution in [0.25, 0.3) is 22.2 Å². The SMILES string of the molecule is NCCCCc1c(-c2ccc(Cl)c(Cl)c2)[nH]c2c(Cl)ccc(C(=O)O)c12. The second kappa shape index (κ2) is 7.89. The molecule has 4 N–H and O–H groups in total. The van der Waals surface area contributed by atoms with Crippen LogP contribution in [0.3, 0.4) is 0 Å². The van der Waals surface area contributed by atoms with Crippen molar-refractivity contribution in [3.05, 3.63) is 56.5 Å². The van der Waals surface area contributed by atoms with Gasteiger partial charge in [0.15, 0.2) is 0 Å². The Labute approximate surface area is 165 Å². The van der Waals surface area contributed by atoms with Crippen molar-refractivity contribution in [1.29, 1.82) is 0 Å². The van der Waals surface area contributed by atoms with Gasteiger partial charge in [-0.25, -0.2) is 4.79 Å². The van der Waals surface area contributed by atoms with Crippen LogP contribution in [0.5, 0.6) is 0 Å². The van der Waals surface area contributed by atoms with Crippen LogP contribution in [0.15, 0.2) is 30.3 Å². The molecule has 26 heavy (non-hydrogen) atoms. The molecule has 7 heteroatoms. The van der Waals surface area contributed by atoms with Crippen LogP contribution in [-0.4, -0.2) is 22.6 Å². The Morgan fingerprint density at radius 3 is 2.42 bits per heavy atom. The average molecular weight is 412 g/mol. The molecule has 0 aliphatic carbocycles. The lowest BCUT2D eigenvalue weighted by Crippen LogP contribution is -2.01. The lowest BCUT2D eigenvalue weighted by Gasteiger charge is -2.08. The molecule has 136 valence electrons. The molecule has 0 aliphatic rings. The zero-order valence-corrected chi connectivity index (χ0v) is 16.0. The third-order valence-corrected chi connectivity index (χ3v) is 5.38. The number of nitrogens with one attached hydrogen (secondary N) is 1. The molecule has 4 nitrogen and oxygen atoms in total. The number of hydrogen-bond acceptors (Lipinski definition) is 2. The zero-order chi connectivity index (χ0) is 18.8. The summed E-state index contributed by atoms with van der Waals surface area (Å²) in [4.78, 5) is 15.0. The fourth-order valence-electron chi connectivity index (χ4n) is 3.11. The maximum Gasteiger partial charge on any atom is 0.336 e. The van der Waals surface area contributed by atoms with Crippen molar-refractivity contribution in [1.82, 2.24) is 4.98 Å². The Bertz CT molecular complexity index is 983. The van der Waals surface area contributed by atoms with Crippen LogP contribution < -0.4 is 5.73 Å². The lowest BCUT2D eigenvalue weighted by atomic mass is 9.97. The number of aromatic nitrogens is 1. The van der Waals surface area contributed by atoms with Gasteiger partial charge in [-0.2, -0.15) is 0 Å². The maximum atomic E-state index is 11.7. The molecule has 1 heterocycles. The molecule has 0 saturated carbocycles. The maximum absolute atomic E-state index is 11.7. The number of hydrogen-bond donors (Lipinski definition) is 3. The van der Waals surface area contributed by atoms with E-state index in [2.05, 4.69) is 4.98 Å². The highest BCUT2D eigenvalue weighted by Crippen LogP contribution is 2.38. The van der Waals surface area contributed by atoms with Crippen LogP contribution in [0.2, 0.25) is 15.1 Å². The first-order valence-corrected chi connectivity index (χ1v) is 9.29. The fourth-order valence-corrected chi connectivity index (χ4v) is 3.61. The highest BCUT2D eigenvalue weighted by molar-refractivity contribution is 6.42. The predicted molar refractivity (Wildman–Crippen MR) is 108 cm³/mol. The summed E-state index contributed by atoms with van der Waals surface area (Å²) in [6.45, 7) is 0.580. The van der Waals surface area contributed by atoms with Gasteiger partial charge in [-0.3, -0.25) is 0 Å². The molecule has 1 aromatic heterocycles.